The quantitative estimate of drug-likeness (QED) is 0.654. The number of nitrogens with two attached hydrogens (primary N) is 2. The molecular formula is C26H34N6O3. The molecule has 1 aromatic carbocycles. The van der Waals surface area contributed by atoms with Gasteiger partial charge in [-0.25, -0.2) is 9.98 Å². The van der Waals surface area contributed by atoms with Gasteiger partial charge in [-0.3, -0.25) is 9.59 Å². The van der Waals surface area contributed by atoms with Crippen molar-refractivity contribution in [2.24, 2.45) is 16.6 Å². The fourth-order valence-corrected chi connectivity index (χ4v) is 5.02. The van der Waals surface area contributed by atoms with Gasteiger partial charge >= 0.3 is 0 Å². The molecule has 2 aliphatic rings. The van der Waals surface area contributed by atoms with Crippen molar-refractivity contribution in [2.45, 2.75) is 64.4 Å². The average molecular weight is 479 g/mol. The number of aryl methyl sites for hydroxylation is 1. The monoisotopic (exact) mass is 478 g/mol. The van der Waals surface area contributed by atoms with Crippen LogP contribution in [-0.2, 0) is 9.59 Å². The van der Waals surface area contributed by atoms with E-state index >= 15 is 0 Å². The van der Waals surface area contributed by atoms with E-state index in [1.54, 1.807) is 14.0 Å². The summed E-state index contributed by atoms with van der Waals surface area (Å²) in [6, 6.07) is 8.50. The van der Waals surface area contributed by atoms with Crippen LogP contribution in [0, 0.1) is 12.8 Å². The van der Waals surface area contributed by atoms with Crippen molar-refractivity contribution < 1.29 is 14.3 Å². The van der Waals surface area contributed by atoms with E-state index in [1.807, 2.05) is 13.8 Å². The van der Waals surface area contributed by atoms with Crippen molar-refractivity contribution in [1.29, 1.82) is 0 Å². The highest BCUT2D eigenvalue weighted by Crippen LogP contribution is 2.40. The molecule has 0 spiro atoms. The molecule has 0 saturated heterocycles. The van der Waals surface area contributed by atoms with Gasteiger partial charge in [-0.2, -0.15) is 4.98 Å². The van der Waals surface area contributed by atoms with Gasteiger partial charge in [0.1, 0.15) is 11.4 Å². The smallest absolute Gasteiger partial charge is 0.246 e. The number of ether oxygens (including phenoxy) is 1. The van der Waals surface area contributed by atoms with Gasteiger partial charge in [0.15, 0.2) is 11.5 Å². The highest BCUT2D eigenvalue weighted by Gasteiger charge is 2.35. The number of aliphatic imine (C=N–C) groups is 1. The first-order valence-corrected chi connectivity index (χ1v) is 12.1. The predicted molar refractivity (Wildman–Crippen MR) is 135 cm³/mol. The van der Waals surface area contributed by atoms with Crippen molar-refractivity contribution in [2.75, 3.05) is 19.3 Å². The summed E-state index contributed by atoms with van der Waals surface area (Å²) < 4.78 is 6.16. The largest absolute Gasteiger partial charge is 0.463 e. The summed E-state index contributed by atoms with van der Waals surface area (Å²) in [5.74, 6) is 1.58. The van der Waals surface area contributed by atoms with E-state index in [0.717, 1.165) is 37.0 Å². The molecule has 0 unspecified atom stereocenters. The molecule has 4 N–H and O–H groups in total. The van der Waals surface area contributed by atoms with E-state index < -0.39 is 11.5 Å². The van der Waals surface area contributed by atoms with Crippen LogP contribution in [0.1, 0.15) is 68.8 Å². The lowest BCUT2D eigenvalue weighted by Gasteiger charge is -2.32. The number of aromatic nitrogens is 2. The van der Waals surface area contributed by atoms with Crippen LogP contribution in [0.4, 0.5) is 11.5 Å². The first kappa shape index (κ1) is 24.6. The number of fused-ring (bicyclic) bond motifs is 1. The van der Waals surface area contributed by atoms with Crippen molar-refractivity contribution in [3.05, 3.63) is 41.2 Å². The van der Waals surface area contributed by atoms with Crippen molar-refractivity contribution >= 4 is 29.0 Å². The van der Waals surface area contributed by atoms with Crippen LogP contribution >= 0.6 is 0 Å². The normalized spacial score (nSPS) is 20.9. The van der Waals surface area contributed by atoms with Gasteiger partial charge in [-0.1, -0.05) is 24.3 Å². The van der Waals surface area contributed by atoms with Crippen LogP contribution < -0.4 is 16.2 Å². The molecule has 1 saturated carbocycles. The number of nitrogens with zero attached hydrogens (tertiary/aromatic N) is 4. The van der Waals surface area contributed by atoms with E-state index in [4.69, 9.17) is 21.2 Å². The molecule has 2 heterocycles. The second kappa shape index (κ2) is 9.64. The van der Waals surface area contributed by atoms with Crippen LogP contribution in [-0.4, -0.2) is 51.6 Å². The van der Waals surface area contributed by atoms with Gasteiger partial charge in [0.2, 0.25) is 17.7 Å². The molecule has 1 fully saturated rings. The Balaban J connectivity index is 1.42. The van der Waals surface area contributed by atoms with Crippen molar-refractivity contribution in [1.82, 2.24) is 14.9 Å². The van der Waals surface area contributed by atoms with Gasteiger partial charge in [0.05, 0.1) is 12.3 Å². The number of primary amides is 1. The molecule has 186 valence electrons. The number of amides is 2. The zero-order valence-electron chi connectivity index (χ0n) is 20.9. The molecule has 1 aliphatic heterocycles. The van der Waals surface area contributed by atoms with Crippen molar-refractivity contribution in [3.63, 3.8) is 0 Å². The van der Waals surface area contributed by atoms with Gasteiger partial charge in [-0.05, 0) is 63.9 Å². The second-order valence-electron chi connectivity index (χ2n) is 10.1. The molecule has 0 radical (unpaired) electrons. The fraction of sp³-hybridized carbons (Fsp3) is 0.500. The maximum absolute atomic E-state index is 12.3. The summed E-state index contributed by atoms with van der Waals surface area (Å²) >= 11 is 0. The summed E-state index contributed by atoms with van der Waals surface area (Å²) in [6.45, 7) is 5.69. The number of anilines is 1. The number of benzene rings is 1. The number of carbonyl (C=O) groups excluding carboxylic acids is 2. The van der Waals surface area contributed by atoms with Gasteiger partial charge in [0, 0.05) is 19.0 Å². The van der Waals surface area contributed by atoms with Crippen molar-refractivity contribution in [3.8, 4) is 5.88 Å². The molecule has 2 aromatic rings. The van der Waals surface area contributed by atoms with Crippen LogP contribution in [0.25, 0.3) is 0 Å². The van der Waals surface area contributed by atoms with E-state index in [2.05, 4.69) is 34.2 Å². The average Bonchev–Trinajstić information content (AvgIpc) is 2.78. The number of hydrogen-bond donors (Lipinski definition) is 2. The van der Waals surface area contributed by atoms with Crippen LogP contribution in [0.3, 0.4) is 0 Å². The van der Waals surface area contributed by atoms with Crippen LogP contribution in [0.5, 0.6) is 5.88 Å². The topological polar surface area (TPSA) is 137 Å². The Bertz CT molecular complexity index is 1150. The zero-order chi connectivity index (χ0) is 25.3. The minimum absolute atomic E-state index is 0.0162. The Kier molecular flexibility index (Phi) is 6.78. The van der Waals surface area contributed by atoms with E-state index in [9.17, 15) is 9.59 Å². The third-order valence-corrected chi connectivity index (χ3v) is 6.92. The Morgan fingerprint density at radius 1 is 1.11 bits per heavy atom. The highest BCUT2D eigenvalue weighted by molar-refractivity contribution is 6.09. The fourth-order valence-electron chi connectivity index (χ4n) is 5.02. The van der Waals surface area contributed by atoms with Crippen LogP contribution in [0.2, 0.25) is 0 Å². The Labute approximate surface area is 206 Å². The summed E-state index contributed by atoms with van der Waals surface area (Å²) in [7, 11) is 1.63. The maximum atomic E-state index is 12.3. The Morgan fingerprint density at radius 3 is 2.40 bits per heavy atom. The van der Waals surface area contributed by atoms with E-state index in [-0.39, 0.29) is 12.5 Å². The van der Waals surface area contributed by atoms with Gasteiger partial charge in [-0.15, -0.1) is 0 Å². The third-order valence-electron chi connectivity index (χ3n) is 6.92. The standard InChI is InChI=1S/C26H34N6O3/c1-15-29-24(28)22-25(30-15)35-26(2,3)23(31-22)19-11-9-18(10-12-19)17-7-5-16(6-8-17)13-21(34)32(4)14-20(27)33/h9-12,16-17H,5-8,13-14H2,1-4H3,(H2,27,33)(H2,28,29,30)/t16-,17-. The second-order valence-corrected chi connectivity index (χ2v) is 10.1. The van der Waals surface area contributed by atoms with Gasteiger partial charge < -0.3 is 21.1 Å². The molecule has 0 atom stereocenters. The minimum Gasteiger partial charge on any atom is -0.463 e. The first-order chi connectivity index (χ1) is 16.5. The van der Waals surface area contributed by atoms with Gasteiger partial charge in [0.25, 0.3) is 0 Å². The Morgan fingerprint density at radius 2 is 1.77 bits per heavy atom. The molecule has 1 aliphatic carbocycles. The molecule has 9 nitrogen and oxygen atoms in total. The molecular weight excluding hydrogens is 444 g/mol. The lowest BCUT2D eigenvalue weighted by atomic mass is 9.77. The van der Waals surface area contributed by atoms with Crippen LogP contribution in [0.15, 0.2) is 29.3 Å². The summed E-state index contributed by atoms with van der Waals surface area (Å²) in [4.78, 5) is 38.2. The third kappa shape index (κ3) is 5.44. The lowest BCUT2D eigenvalue weighted by molar-refractivity contribution is -0.134. The zero-order valence-corrected chi connectivity index (χ0v) is 20.9. The van der Waals surface area contributed by atoms with E-state index in [0.29, 0.717) is 41.5 Å². The molecule has 35 heavy (non-hydrogen) atoms. The number of carbonyl (C=O) groups is 2. The number of hydrogen-bond acceptors (Lipinski definition) is 7. The molecule has 0 bridgehead atoms. The number of nitrogen functional groups attached to an aromatic ring is 1. The number of rotatable bonds is 6. The first-order valence-electron chi connectivity index (χ1n) is 12.1. The lowest BCUT2D eigenvalue weighted by Crippen LogP contribution is -2.41. The highest BCUT2D eigenvalue weighted by atomic mass is 16.5. The predicted octanol–water partition coefficient (Wildman–Crippen LogP) is 3.27. The number of likely N-dealkylation sites (N-methyl/N-ethyl adjacent to an activating group) is 1. The molecule has 4 rings (SSSR count). The van der Waals surface area contributed by atoms with E-state index in [1.165, 1.54) is 10.5 Å². The Hall–Kier alpha value is -3.49. The summed E-state index contributed by atoms with van der Waals surface area (Å²) in [6.07, 6.45) is 4.52. The molecule has 2 amide bonds. The molecule has 1 aromatic heterocycles. The molecule has 9 heteroatoms. The maximum Gasteiger partial charge on any atom is 0.246 e. The summed E-state index contributed by atoms with van der Waals surface area (Å²) in [5.41, 5.74) is 14.2. The SMILES string of the molecule is Cc1nc(N)c2c(n1)OC(C)(C)C(c1ccc([C@H]3CC[C@H](CC(=O)N(C)CC(N)=O)CC3)cc1)=N2. The minimum atomic E-state index is -0.659. The summed E-state index contributed by atoms with van der Waals surface area (Å²) in [5, 5.41) is 0.